The van der Waals surface area contributed by atoms with Crippen LogP contribution in [0.2, 0.25) is 0 Å². The van der Waals surface area contributed by atoms with Gasteiger partial charge in [0.25, 0.3) is 0 Å². The lowest BCUT2D eigenvalue weighted by atomic mass is 9.97. The molecule has 0 aliphatic heterocycles. The van der Waals surface area contributed by atoms with Crippen molar-refractivity contribution in [3.05, 3.63) is 59.7 Å². The monoisotopic (exact) mass is 256 g/mol. The molecular weight excluding hydrogens is 236 g/mol. The Balaban J connectivity index is 2.33. The summed E-state index contributed by atoms with van der Waals surface area (Å²) in [7, 11) is 0. The van der Waals surface area contributed by atoms with Crippen molar-refractivity contribution in [1.29, 1.82) is 0 Å². The Kier molecular flexibility index (Phi) is 3.91. The molecule has 2 aromatic rings. The molecule has 2 rings (SSSR count). The second-order valence-electron chi connectivity index (χ2n) is 5.16. The largest absolute Gasteiger partial charge is 0.457 e. The van der Waals surface area contributed by atoms with Gasteiger partial charge in [-0.05, 0) is 44.0 Å². The molecule has 0 saturated heterocycles. The van der Waals surface area contributed by atoms with E-state index in [4.69, 9.17) is 4.74 Å². The SMILES string of the molecule is CCc1cccc(Oc2ccccc2C(C)(C)O)c1. The summed E-state index contributed by atoms with van der Waals surface area (Å²) >= 11 is 0. The summed E-state index contributed by atoms with van der Waals surface area (Å²) in [6.45, 7) is 5.64. The predicted molar refractivity (Wildman–Crippen MR) is 77.6 cm³/mol. The van der Waals surface area contributed by atoms with E-state index in [1.165, 1.54) is 5.56 Å². The summed E-state index contributed by atoms with van der Waals surface area (Å²) in [6.07, 6.45) is 0.977. The Bertz CT molecular complexity index is 553. The van der Waals surface area contributed by atoms with Gasteiger partial charge in [-0.15, -0.1) is 0 Å². The molecule has 2 nitrogen and oxygen atoms in total. The minimum atomic E-state index is -0.918. The highest BCUT2D eigenvalue weighted by molar-refractivity contribution is 5.41. The molecule has 0 spiro atoms. The number of rotatable bonds is 4. The number of para-hydroxylation sites is 1. The van der Waals surface area contributed by atoms with Crippen LogP contribution < -0.4 is 4.74 Å². The Morgan fingerprint density at radius 1 is 1.05 bits per heavy atom. The molecule has 0 atom stereocenters. The fraction of sp³-hybridized carbons (Fsp3) is 0.294. The molecule has 100 valence electrons. The summed E-state index contributed by atoms with van der Waals surface area (Å²) < 4.78 is 5.92. The van der Waals surface area contributed by atoms with E-state index >= 15 is 0 Å². The van der Waals surface area contributed by atoms with Crippen LogP contribution in [0.1, 0.15) is 31.9 Å². The molecule has 19 heavy (non-hydrogen) atoms. The third-order valence-electron chi connectivity index (χ3n) is 3.08. The zero-order valence-corrected chi connectivity index (χ0v) is 11.7. The van der Waals surface area contributed by atoms with E-state index in [1.807, 2.05) is 42.5 Å². The average molecular weight is 256 g/mol. The minimum Gasteiger partial charge on any atom is -0.457 e. The first-order chi connectivity index (χ1) is 9.00. The van der Waals surface area contributed by atoms with Crippen LogP contribution in [0.3, 0.4) is 0 Å². The molecule has 2 aromatic carbocycles. The summed E-state index contributed by atoms with van der Waals surface area (Å²) in [5, 5.41) is 10.2. The van der Waals surface area contributed by atoms with Gasteiger partial charge in [-0.3, -0.25) is 0 Å². The number of ether oxygens (including phenoxy) is 1. The molecular formula is C17H20O2. The molecule has 0 bridgehead atoms. The van der Waals surface area contributed by atoms with Crippen LogP contribution in [0.5, 0.6) is 11.5 Å². The van der Waals surface area contributed by atoms with E-state index in [0.29, 0.717) is 5.75 Å². The molecule has 0 saturated carbocycles. The van der Waals surface area contributed by atoms with Crippen molar-refractivity contribution in [1.82, 2.24) is 0 Å². The quantitative estimate of drug-likeness (QED) is 0.885. The molecule has 0 aliphatic carbocycles. The first kappa shape index (κ1) is 13.6. The van der Waals surface area contributed by atoms with Crippen molar-refractivity contribution in [2.75, 3.05) is 0 Å². The van der Waals surface area contributed by atoms with Gasteiger partial charge in [0.1, 0.15) is 11.5 Å². The van der Waals surface area contributed by atoms with E-state index in [0.717, 1.165) is 17.7 Å². The first-order valence-corrected chi connectivity index (χ1v) is 6.59. The molecule has 1 N–H and O–H groups in total. The smallest absolute Gasteiger partial charge is 0.133 e. The number of benzene rings is 2. The fourth-order valence-electron chi connectivity index (χ4n) is 2.02. The van der Waals surface area contributed by atoms with Gasteiger partial charge in [-0.25, -0.2) is 0 Å². The molecule has 0 aromatic heterocycles. The third-order valence-corrected chi connectivity index (χ3v) is 3.08. The van der Waals surface area contributed by atoms with Gasteiger partial charge in [0.15, 0.2) is 0 Å². The molecule has 0 radical (unpaired) electrons. The average Bonchev–Trinajstić information content (AvgIpc) is 2.38. The molecule has 0 heterocycles. The molecule has 2 heteroatoms. The lowest BCUT2D eigenvalue weighted by Gasteiger charge is -2.21. The van der Waals surface area contributed by atoms with Crippen LogP contribution >= 0.6 is 0 Å². The molecule has 0 unspecified atom stereocenters. The van der Waals surface area contributed by atoms with Gasteiger partial charge in [0.2, 0.25) is 0 Å². The number of aliphatic hydroxyl groups is 1. The van der Waals surface area contributed by atoms with Crippen LogP contribution in [0.15, 0.2) is 48.5 Å². The molecule has 0 amide bonds. The Morgan fingerprint density at radius 2 is 1.79 bits per heavy atom. The summed E-state index contributed by atoms with van der Waals surface area (Å²) in [6, 6.07) is 15.6. The van der Waals surface area contributed by atoms with Gasteiger partial charge in [-0.2, -0.15) is 0 Å². The van der Waals surface area contributed by atoms with Gasteiger partial charge in [-0.1, -0.05) is 37.3 Å². The summed E-state index contributed by atoms with van der Waals surface area (Å²) in [4.78, 5) is 0. The van der Waals surface area contributed by atoms with Crippen molar-refractivity contribution in [3.8, 4) is 11.5 Å². The maximum atomic E-state index is 10.2. The summed E-state index contributed by atoms with van der Waals surface area (Å²) in [5.74, 6) is 1.50. The topological polar surface area (TPSA) is 29.5 Å². The van der Waals surface area contributed by atoms with E-state index in [2.05, 4.69) is 13.0 Å². The zero-order chi connectivity index (χ0) is 13.9. The van der Waals surface area contributed by atoms with Gasteiger partial charge in [0, 0.05) is 5.56 Å². The highest BCUT2D eigenvalue weighted by Crippen LogP contribution is 2.32. The van der Waals surface area contributed by atoms with Gasteiger partial charge >= 0.3 is 0 Å². The van der Waals surface area contributed by atoms with E-state index in [-0.39, 0.29) is 0 Å². The predicted octanol–water partition coefficient (Wildman–Crippen LogP) is 4.27. The highest BCUT2D eigenvalue weighted by Gasteiger charge is 2.20. The lowest BCUT2D eigenvalue weighted by Crippen LogP contribution is -2.16. The second-order valence-corrected chi connectivity index (χ2v) is 5.16. The first-order valence-electron chi connectivity index (χ1n) is 6.59. The number of hydrogen-bond acceptors (Lipinski definition) is 2. The second kappa shape index (κ2) is 5.45. The number of hydrogen-bond donors (Lipinski definition) is 1. The summed E-state index contributed by atoms with van der Waals surface area (Å²) in [5.41, 5.74) is 1.11. The van der Waals surface area contributed by atoms with Crippen molar-refractivity contribution in [2.45, 2.75) is 32.8 Å². The van der Waals surface area contributed by atoms with Crippen molar-refractivity contribution in [2.24, 2.45) is 0 Å². The highest BCUT2D eigenvalue weighted by atomic mass is 16.5. The van der Waals surface area contributed by atoms with Crippen LogP contribution in [-0.2, 0) is 12.0 Å². The van der Waals surface area contributed by atoms with E-state index < -0.39 is 5.60 Å². The van der Waals surface area contributed by atoms with Crippen molar-refractivity contribution >= 4 is 0 Å². The molecule has 0 fully saturated rings. The van der Waals surface area contributed by atoms with Crippen LogP contribution in [0.4, 0.5) is 0 Å². The maximum Gasteiger partial charge on any atom is 0.133 e. The lowest BCUT2D eigenvalue weighted by molar-refractivity contribution is 0.0762. The fourth-order valence-corrected chi connectivity index (χ4v) is 2.02. The normalized spacial score (nSPS) is 11.4. The Labute approximate surface area is 114 Å². The standard InChI is InChI=1S/C17H20O2/c1-4-13-8-7-9-14(12-13)19-16-11-6-5-10-15(16)17(2,3)18/h5-12,18H,4H2,1-3H3. The molecule has 0 aliphatic rings. The zero-order valence-electron chi connectivity index (χ0n) is 11.7. The van der Waals surface area contributed by atoms with Gasteiger partial charge in [0.05, 0.1) is 5.60 Å². The third kappa shape index (κ3) is 3.36. The Morgan fingerprint density at radius 3 is 2.47 bits per heavy atom. The van der Waals surface area contributed by atoms with E-state index in [1.54, 1.807) is 13.8 Å². The number of aryl methyl sites for hydroxylation is 1. The van der Waals surface area contributed by atoms with Crippen molar-refractivity contribution < 1.29 is 9.84 Å². The van der Waals surface area contributed by atoms with Gasteiger partial charge < -0.3 is 9.84 Å². The van der Waals surface area contributed by atoms with Crippen LogP contribution in [0.25, 0.3) is 0 Å². The van der Waals surface area contributed by atoms with E-state index in [9.17, 15) is 5.11 Å². The van der Waals surface area contributed by atoms with Crippen LogP contribution in [-0.4, -0.2) is 5.11 Å². The Hall–Kier alpha value is -1.80. The van der Waals surface area contributed by atoms with Crippen molar-refractivity contribution in [3.63, 3.8) is 0 Å². The van der Waals surface area contributed by atoms with Crippen LogP contribution in [0, 0.1) is 0 Å². The maximum absolute atomic E-state index is 10.2. The minimum absolute atomic E-state index is 0.697.